The van der Waals surface area contributed by atoms with E-state index in [2.05, 4.69) is 39.2 Å². The van der Waals surface area contributed by atoms with Gasteiger partial charge in [-0.05, 0) is 83.6 Å². The van der Waals surface area contributed by atoms with E-state index in [-0.39, 0.29) is 63.4 Å². The molecule has 0 spiro atoms. The number of anilines is 1. The molecule has 2 amide bonds. The van der Waals surface area contributed by atoms with Gasteiger partial charge in [-0.25, -0.2) is 9.67 Å². The fourth-order valence-corrected chi connectivity index (χ4v) is 6.11. The van der Waals surface area contributed by atoms with Gasteiger partial charge in [0.15, 0.2) is 5.82 Å². The molecule has 49 heavy (non-hydrogen) atoms. The Labute approximate surface area is 287 Å². The number of carbonyl (C=O) groups excluding carboxylic acids is 3. The van der Waals surface area contributed by atoms with Crippen LogP contribution in [0.5, 0.6) is 5.75 Å². The first-order chi connectivity index (χ1) is 23.6. The van der Waals surface area contributed by atoms with E-state index in [0.717, 1.165) is 25.9 Å². The smallest absolute Gasteiger partial charge is 0.387 e. The molecular weight excluding hydrogens is 662 g/mol. The van der Waals surface area contributed by atoms with Crippen LogP contribution >= 0.6 is 11.6 Å². The number of aliphatic imine (C=N–C) groups is 1. The Bertz CT molecular complexity index is 1690. The Hall–Kier alpha value is -4.63. The summed E-state index contributed by atoms with van der Waals surface area (Å²) in [5.41, 5.74) is 0.296. The standard InChI is InChI=1S/C33H39ClF2N8O5/c1-4-11-44-30(37-2)25(17-38-44)31(46)39-26-18-43(40-29(26)24-16-23(34)5-6-27(24)49-33(35)36)19-28(45)42-14-9-22(10-15-42)32(47)48-20-21-7-12-41(3)13-8-21/h4-6,11,16-18,21-22,33H,2,7-10,12-15,19-20H2,1,3H3,(H,39,46)/b11-4-. The number of rotatable bonds is 12. The minimum atomic E-state index is -3.14. The molecule has 2 aliphatic heterocycles. The summed E-state index contributed by atoms with van der Waals surface area (Å²) in [6, 6.07) is 4.03. The maximum Gasteiger partial charge on any atom is 0.387 e. The van der Waals surface area contributed by atoms with Crippen molar-refractivity contribution in [1.29, 1.82) is 0 Å². The molecule has 0 aliphatic carbocycles. The minimum Gasteiger partial charge on any atom is -0.465 e. The molecule has 13 nitrogen and oxygen atoms in total. The van der Waals surface area contributed by atoms with Gasteiger partial charge in [-0.2, -0.15) is 19.0 Å². The van der Waals surface area contributed by atoms with E-state index < -0.39 is 12.5 Å². The number of aromatic nitrogens is 4. The third-order valence-corrected chi connectivity index (χ3v) is 8.89. The third kappa shape index (κ3) is 8.89. The van der Waals surface area contributed by atoms with Crippen molar-refractivity contribution in [3.63, 3.8) is 0 Å². The molecule has 0 saturated carbocycles. The fourth-order valence-electron chi connectivity index (χ4n) is 5.94. The molecule has 2 saturated heterocycles. The number of halogens is 3. The summed E-state index contributed by atoms with van der Waals surface area (Å²) < 4.78 is 39.7. The molecule has 0 radical (unpaired) electrons. The van der Waals surface area contributed by atoms with Crippen LogP contribution in [0.25, 0.3) is 17.5 Å². The molecule has 1 N–H and O–H groups in total. The van der Waals surface area contributed by atoms with Crippen LogP contribution in [0.1, 0.15) is 43.0 Å². The molecule has 3 aromatic rings. The predicted octanol–water partition coefficient (Wildman–Crippen LogP) is 5.20. The lowest BCUT2D eigenvalue weighted by molar-refractivity contribution is -0.153. The largest absolute Gasteiger partial charge is 0.465 e. The molecule has 4 heterocycles. The number of amides is 2. The van der Waals surface area contributed by atoms with Crippen molar-refractivity contribution < 1.29 is 32.6 Å². The number of alkyl halides is 2. The molecule has 2 fully saturated rings. The molecule has 0 bridgehead atoms. The highest BCUT2D eigenvalue weighted by molar-refractivity contribution is 6.31. The van der Waals surface area contributed by atoms with Crippen LogP contribution in [0, 0.1) is 11.8 Å². The van der Waals surface area contributed by atoms with Gasteiger partial charge in [0, 0.05) is 36.1 Å². The molecule has 16 heteroatoms. The van der Waals surface area contributed by atoms with E-state index in [4.69, 9.17) is 21.1 Å². The lowest BCUT2D eigenvalue weighted by Gasteiger charge is -2.32. The number of allylic oxidation sites excluding steroid dienone is 1. The van der Waals surface area contributed by atoms with Gasteiger partial charge < -0.3 is 24.6 Å². The van der Waals surface area contributed by atoms with Crippen LogP contribution in [0.3, 0.4) is 0 Å². The topological polar surface area (TPSA) is 136 Å². The van der Waals surface area contributed by atoms with Gasteiger partial charge in [0.2, 0.25) is 5.91 Å². The maximum absolute atomic E-state index is 13.4. The number of nitrogens with zero attached hydrogens (tertiary/aromatic N) is 7. The van der Waals surface area contributed by atoms with Gasteiger partial charge >= 0.3 is 12.6 Å². The van der Waals surface area contributed by atoms with Gasteiger partial charge in [0.1, 0.15) is 23.6 Å². The van der Waals surface area contributed by atoms with Gasteiger partial charge in [-0.1, -0.05) is 17.7 Å². The Morgan fingerprint density at radius 1 is 1.16 bits per heavy atom. The number of ether oxygens (including phenoxy) is 2. The van der Waals surface area contributed by atoms with Crippen LogP contribution in [-0.4, -0.2) is 100 Å². The quantitative estimate of drug-likeness (QED) is 0.201. The highest BCUT2D eigenvalue weighted by Gasteiger charge is 2.30. The minimum absolute atomic E-state index is 0.0410. The summed E-state index contributed by atoms with van der Waals surface area (Å²) in [4.78, 5) is 47.4. The van der Waals surface area contributed by atoms with Crippen molar-refractivity contribution >= 4 is 53.8 Å². The summed E-state index contributed by atoms with van der Waals surface area (Å²) in [6.45, 7) is 5.06. The number of piperidine rings is 2. The SMILES string of the molecule is C=Nc1c(C(=O)Nc2cn(CC(=O)N3CCC(C(=O)OCC4CCN(C)CC4)CC3)nc2-c2cc(Cl)ccc2OC(F)F)cnn1/C=C\C. The molecule has 2 aromatic heterocycles. The maximum atomic E-state index is 13.4. The summed E-state index contributed by atoms with van der Waals surface area (Å²) in [6.07, 6.45) is 8.99. The number of benzene rings is 1. The number of carbonyl (C=O) groups is 3. The van der Waals surface area contributed by atoms with E-state index in [0.29, 0.717) is 38.5 Å². The van der Waals surface area contributed by atoms with Gasteiger partial charge in [0.25, 0.3) is 5.91 Å². The van der Waals surface area contributed by atoms with Gasteiger partial charge in [0.05, 0.1) is 24.4 Å². The summed E-state index contributed by atoms with van der Waals surface area (Å²) in [5, 5.41) is 11.6. The number of hydrogen-bond donors (Lipinski definition) is 1. The highest BCUT2D eigenvalue weighted by Crippen LogP contribution is 2.37. The van der Waals surface area contributed by atoms with Crippen molar-refractivity contribution in [3.05, 3.63) is 47.3 Å². The second-order valence-corrected chi connectivity index (χ2v) is 12.5. The summed E-state index contributed by atoms with van der Waals surface area (Å²) in [7, 11) is 2.08. The van der Waals surface area contributed by atoms with Crippen molar-refractivity contribution in [2.24, 2.45) is 16.8 Å². The highest BCUT2D eigenvalue weighted by atomic mass is 35.5. The van der Waals surface area contributed by atoms with E-state index in [9.17, 15) is 23.2 Å². The van der Waals surface area contributed by atoms with Crippen molar-refractivity contribution in [1.82, 2.24) is 29.4 Å². The molecule has 2 aliphatic rings. The molecular formula is C33H39ClF2N8O5. The summed E-state index contributed by atoms with van der Waals surface area (Å²) in [5.74, 6) is -1.09. The van der Waals surface area contributed by atoms with Crippen molar-refractivity contribution in [3.8, 4) is 17.0 Å². The second-order valence-electron chi connectivity index (χ2n) is 12.1. The Morgan fingerprint density at radius 2 is 1.90 bits per heavy atom. The predicted molar refractivity (Wildman–Crippen MR) is 180 cm³/mol. The zero-order valence-electron chi connectivity index (χ0n) is 27.4. The number of hydrogen-bond acceptors (Lipinski definition) is 9. The molecule has 0 atom stereocenters. The monoisotopic (exact) mass is 700 g/mol. The first kappa shape index (κ1) is 35.7. The lowest BCUT2D eigenvalue weighted by Crippen LogP contribution is -2.42. The zero-order chi connectivity index (χ0) is 35.1. The first-order valence-electron chi connectivity index (χ1n) is 16.0. The molecule has 1 aromatic carbocycles. The van der Waals surface area contributed by atoms with Crippen LogP contribution in [0.15, 0.2) is 41.7 Å². The molecule has 262 valence electrons. The molecule has 0 unspecified atom stereocenters. The van der Waals surface area contributed by atoms with Gasteiger partial charge in [-0.15, -0.1) is 0 Å². The van der Waals surface area contributed by atoms with Crippen molar-refractivity contribution in [2.75, 3.05) is 45.2 Å². The Morgan fingerprint density at radius 3 is 2.57 bits per heavy atom. The average molecular weight is 701 g/mol. The van der Waals surface area contributed by atoms with E-state index in [1.165, 1.54) is 40.0 Å². The third-order valence-electron chi connectivity index (χ3n) is 8.65. The van der Waals surface area contributed by atoms with Crippen LogP contribution in [0.2, 0.25) is 5.02 Å². The fraction of sp³-hybridized carbons (Fsp3) is 0.455. The van der Waals surface area contributed by atoms with Gasteiger partial charge in [-0.3, -0.25) is 19.1 Å². The number of esters is 1. The summed E-state index contributed by atoms with van der Waals surface area (Å²) >= 11 is 6.22. The Kier molecular flexibility index (Phi) is 11.8. The Balaban J connectivity index is 1.30. The van der Waals surface area contributed by atoms with Crippen LogP contribution in [-0.2, 0) is 20.9 Å². The van der Waals surface area contributed by atoms with Crippen molar-refractivity contribution in [2.45, 2.75) is 45.8 Å². The van der Waals surface area contributed by atoms with E-state index in [1.807, 2.05) is 0 Å². The number of nitrogens with one attached hydrogen (secondary N) is 1. The van der Waals surface area contributed by atoms with E-state index in [1.54, 1.807) is 24.1 Å². The van der Waals surface area contributed by atoms with Crippen LogP contribution in [0.4, 0.5) is 20.3 Å². The second kappa shape index (κ2) is 16.2. The van der Waals surface area contributed by atoms with E-state index >= 15 is 0 Å². The lowest BCUT2D eigenvalue weighted by atomic mass is 9.96. The number of likely N-dealkylation sites (tertiary alicyclic amines) is 2. The normalized spacial score (nSPS) is 16.3. The van der Waals surface area contributed by atoms with Crippen LogP contribution < -0.4 is 10.1 Å². The first-order valence-corrected chi connectivity index (χ1v) is 16.4. The average Bonchev–Trinajstić information content (AvgIpc) is 3.68. The zero-order valence-corrected chi connectivity index (χ0v) is 28.1. The molecule has 5 rings (SSSR count).